The Labute approximate surface area is 114 Å². The summed E-state index contributed by atoms with van der Waals surface area (Å²) in [6, 6.07) is -0.547. The van der Waals surface area contributed by atoms with Crippen molar-refractivity contribution in [2.45, 2.75) is 57.1 Å². The lowest BCUT2D eigenvalue weighted by atomic mass is 9.50. The van der Waals surface area contributed by atoms with Crippen LogP contribution >= 0.6 is 0 Å². The molecule has 4 saturated carbocycles. The van der Waals surface area contributed by atoms with Gasteiger partial charge in [-0.15, -0.1) is 0 Å². The first kappa shape index (κ1) is 13.1. The summed E-state index contributed by atoms with van der Waals surface area (Å²) in [5.74, 6) is 1.99. The molecule has 4 bridgehead atoms. The van der Waals surface area contributed by atoms with Gasteiger partial charge < -0.3 is 15.9 Å². The van der Waals surface area contributed by atoms with Gasteiger partial charge in [0.05, 0.1) is 0 Å². The molecule has 19 heavy (non-hydrogen) atoms. The highest BCUT2D eigenvalue weighted by molar-refractivity contribution is 5.80. The second-order valence-electron chi connectivity index (χ2n) is 6.74. The van der Waals surface area contributed by atoms with Crippen LogP contribution in [0, 0.1) is 29.1 Å². The summed E-state index contributed by atoms with van der Waals surface area (Å²) in [6.45, 7) is 1.89. The van der Waals surface area contributed by atoms with E-state index in [1.807, 2.05) is 6.92 Å². The molecule has 0 radical (unpaired) electrons. The van der Waals surface area contributed by atoms with Gasteiger partial charge in [0.1, 0.15) is 6.04 Å². The number of carbonyl (C=O) groups excluding carboxylic acids is 1. The number of nitrogens with two attached hydrogens (primary N) is 1. The molecule has 106 valence electrons. The average Bonchev–Trinajstić information content (AvgIpc) is 2.41. The topological polar surface area (TPSA) is 76.2 Å². The Morgan fingerprint density at radius 1 is 1.32 bits per heavy atom. The molecule has 1 atom stereocenters. The van der Waals surface area contributed by atoms with Crippen molar-refractivity contribution >= 4 is 12.2 Å². The molecule has 0 saturated heterocycles. The predicted molar refractivity (Wildman–Crippen MR) is 72.9 cm³/mol. The summed E-state index contributed by atoms with van der Waals surface area (Å²) in [7, 11) is 0. The van der Waals surface area contributed by atoms with Crippen LogP contribution in [0.4, 0.5) is 0 Å². The molecule has 4 heteroatoms. The van der Waals surface area contributed by atoms with Gasteiger partial charge in [0.25, 0.3) is 0 Å². The quantitative estimate of drug-likeness (QED) is 0.603. The largest absolute Gasteiger partial charge is 0.451 e. The molecule has 0 aliphatic heterocycles. The van der Waals surface area contributed by atoms with Crippen LogP contribution in [0.5, 0.6) is 0 Å². The third-order valence-electron chi connectivity index (χ3n) is 5.66. The first-order valence-electron chi connectivity index (χ1n) is 7.59. The summed E-state index contributed by atoms with van der Waals surface area (Å²) in [6.07, 6.45) is 7.85. The Kier molecular flexibility index (Phi) is 3.16. The number of ether oxygens (including phenoxy) is 1. The van der Waals surface area contributed by atoms with Crippen molar-refractivity contribution in [1.29, 1.82) is 5.41 Å². The maximum atomic E-state index is 12.1. The molecule has 4 aliphatic rings. The molecule has 4 nitrogen and oxygen atoms in total. The summed E-state index contributed by atoms with van der Waals surface area (Å²) >= 11 is 0. The number of esters is 1. The normalized spacial score (nSPS) is 44.9. The second-order valence-corrected chi connectivity index (χ2v) is 6.74. The lowest BCUT2D eigenvalue weighted by Crippen LogP contribution is -2.61. The fourth-order valence-corrected chi connectivity index (χ4v) is 4.77. The van der Waals surface area contributed by atoms with E-state index in [4.69, 9.17) is 15.9 Å². The standard InChI is InChI=1S/C15H24N2O2/c1-2-13(17)14(18)19-15(8-16)11-4-9-3-10(6-11)7-12(15)5-9/h8-13,16H,2-7,17H2,1H3. The van der Waals surface area contributed by atoms with Gasteiger partial charge in [0.15, 0.2) is 5.60 Å². The number of rotatable bonds is 4. The van der Waals surface area contributed by atoms with Gasteiger partial charge >= 0.3 is 5.97 Å². The molecule has 0 heterocycles. The van der Waals surface area contributed by atoms with E-state index in [1.165, 1.54) is 12.6 Å². The van der Waals surface area contributed by atoms with Crippen molar-refractivity contribution in [3.8, 4) is 0 Å². The fourth-order valence-electron chi connectivity index (χ4n) is 4.77. The SMILES string of the molecule is CCC(N)C(=O)OC1(C=N)C2CC3CC(C2)CC1C3. The van der Waals surface area contributed by atoms with Gasteiger partial charge in [-0.3, -0.25) is 4.79 Å². The lowest BCUT2D eigenvalue weighted by Gasteiger charge is -2.58. The Hall–Kier alpha value is -0.900. The first-order chi connectivity index (χ1) is 9.09. The molecule has 0 spiro atoms. The molecule has 0 aromatic heterocycles. The first-order valence-corrected chi connectivity index (χ1v) is 7.59. The molecule has 0 aromatic rings. The Balaban J connectivity index is 1.83. The zero-order valence-corrected chi connectivity index (χ0v) is 11.6. The minimum Gasteiger partial charge on any atom is -0.451 e. The van der Waals surface area contributed by atoms with Gasteiger partial charge in [-0.05, 0) is 50.4 Å². The van der Waals surface area contributed by atoms with Crippen LogP contribution in [0.25, 0.3) is 0 Å². The molecule has 1 unspecified atom stereocenters. The maximum absolute atomic E-state index is 12.1. The third kappa shape index (κ3) is 1.92. The Morgan fingerprint density at radius 2 is 1.84 bits per heavy atom. The summed E-state index contributed by atoms with van der Waals surface area (Å²) in [4.78, 5) is 12.1. The molecule has 3 N–H and O–H groups in total. The van der Waals surface area contributed by atoms with E-state index in [2.05, 4.69) is 0 Å². The number of carbonyl (C=O) groups is 1. The third-order valence-corrected chi connectivity index (χ3v) is 5.66. The zero-order valence-electron chi connectivity index (χ0n) is 11.6. The Bertz CT molecular complexity index is 366. The van der Waals surface area contributed by atoms with Gasteiger partial charge in [-0.2, -0.15) is 0 Å². The summed E-state index contributed by atoms with van der Waals surface area (Å²) in [5, 5.41) is 7.87. The van der Waals surface area contributed by atoms with Crippen molar-refractivity contribution in [1.82, 2.24) is 0 Å². The number of hydrogen-bond acceptors (Lipinski definition) is 4. The monoisotopic (exact) mass is 264 g/mol. The zero-order chi connectivity index (χ0) is 13.6. The molecule has 4 fully saturated rings. The van der Waals surface area contributed by atoms with Crippen LogP contribution < -0.4 is 5.73 Å². The van der Waals surface area contributed by atoms with E-state index in [0.717, 1.165) is 37.5 Å². The van der Waals surface area contributed by atoms with E-state index in [9.17, 15) is 4.79 Å². The van der Waals surface area contributed by atoms with Crippen LogP contribution in [0.15, 0.2) is 0 Å². The van der Waals surface area contributed by atoms with Crippen LogP contribution in [-0.2, 0) is 9.53 Å². The average molecular weight is 264 g/mol. The second kappa shape index (κ2) is 4.58. The van der Waals surface area contributed by atoms with Gasteiger partial charge in [-0.1, -0.05) is 6.92 Å². The summed E-state index contributed by atoms with van der Waals surface area (Å²) < 4.78 is 5.81. The van der Waals surface area contributed by atoms with E-state index >= 15 is 0 Å². The maximum Gasteiger partial charge on any atom is 0.323 e. The predicted octanol–water partition coefficient (Wildman–Crippen LogP) is 2.11. The minimum absolute atomic E-state index is 0.321. The van der Waals surface area contributed by atoms with Crippen molar-refractivity contribution in [2.75, 3.05) is 0 Å². The molecular formula is C15H24N2O2. The summed E-state index contributed by atoms with van der Waals surface area (Å²) in [5.41, 5.74) is 5.14. The highest BCUT2D eigenvalue weighted by Gasteiger charge is 2.58. The highest BCUT2D eigenvalue weighted by Crippen LogP contribution is 2.59. The van der Waals surface area contributed by atoms with E-state index < -0.39 is 11.6 Å². The molecule has 4 aliphatic carbocycles. The molecular weight excluding hydrogens is 240 g/mol. The lowest BCUT2D eigenvalue weighted by molar-refractivity contribution is -0.186. The van der Waals surface area contributed by atoms with Crippen molar-refractivity contribution in [3.05, 3.63) is 0 Å². The van der Waals surface area contributed by atoms with Gasteiger partial charge in [0, 0.05) is 18.1 Å². The highest BCUT2D eigenvalue weighted by atomic mass is 16.6. The van der Waals surface area contributed by atoms with Crippen LogP contribution in [0.3, 0.4) is 0 Å². The van der Waals surface area contributed by atoms with Crippen molar-refractivity contribution in [3.63, 3.8) is 0 Å². The minimum atomic E-state index is -0.642. The van der Waals surface area contributed by atoms with E-state index in [0.29, 0.717) is 18.3 Å². The van der Waals surface area contributed by atoms with Crippen molar-refractivity contribution in [2.24, 2.45) is 29.4 Å². The molecule has 0 aromatic carbocycles. The van der Waals surface area contributed by atoms with Crippen molar-refractivity contribution < 1.29 is 9.53 Å². The van der Waals surface area contributed by atoms with Gasteiger partial charge in [0.2, 0.25) is 0 Å². The molecule has 4 rings (SSSR count). The molecule has 0 amide bonds. The van der Waals surface area contributed by atoms with Crippen LogP contribution in [0.2, 0.25) is 0 Å². The smallest absolute Gasteiger partial charge is 0.323 e. The Morgan fingerprint density at radius 3 is 2.26 bits per heavy atom. The van der Waals surface area contributed by atoms with E-state index in [1.54, 1.807) is 0 Å². The fraction of sp³-hybridized carbons (Fsp3) is 0.867. The number of hydrogen-bond donors (Lipinski definition) is 2. The van der Waals surface area contributed by atoms with E-state index in [-0.39, 0.29) is 5.97 Å². The number of nitrogens with one attached hydrogen (secondary N) is 1. The van der Waals surface area contributed by atoms with Crippen LogP contribution in [0.1, 0.15) is 45.4 Å². The van der Waals surface area contributed by atoms with Gasteiger partial charge in [-0.25, -0.2) is 0 Å². The van der Waals surface area contributed by atoms with Crippen LogP contribution in [-0.4, -0.2) is 23.8 Å².